The van der Waals surface area contributed by atoms with Gasteiger partial charge in [0.1, 0.15) is 23.1 Å². The summed E-state index contributed by atoms with van der Waals surface area (Å²) >= 11 is 0. The first kappa shape index (κ1) is 13.4. The highest BCUT2D eigenvalue weighted by molar-refractivity contribution is 5.74. The first-order chi connectivity index (χ1) is 9.15. The van der Waals surface area contributed by atoms with Gasteiger partial charge < -0.3 is 14.6 Å². The number of benzene rings is 1. The second-order valence-electron chi connectivity index (χ2n) is 4.37. The number of rotatable bonds is 5. The summed E-state index contributed by atoms with van der Waals surface area (Å²) < 4.78 is 10.2. The molecule has 0 radical (unpaired) electrons. The van der Waals surface area contributed by atoms with Crippen LogP contribution in [0.5, 0.6) is 11.5 Å². The number of epoxide rings is 1. The van der Waals surface area contributed by atoms with Crippen molar-refractivity contribution in [2.75, 3.05) is 6.61 Å². The van der Waals surface area contributed by atoms with E-state index >= 15 is 0 Å². The van der Waals surface area contributed by atoms with Gasteiger partial charge in [-0.25, -0.2) is 0 Å². The lowest BCUT2D eigenvalue weighted by atomic mass is 10.0. The Labute approximate surface area is 111 Å². The Morgan fingerprint density at radius 2 is 2.37 bits per heavy atom. The third-order valence-corrected chi connectivity index (χ3v) is 3.01. The summed E-state index contributed by atoms with van der Waals surface area (Å²) in [6, 6.07) is 4.86. The number of carbonyl (C=O) groups excluding carboxylic acids is 1. The van der Waals surface area contributed by atoms with Crippen molar-refractivity contribution in [2.24, 2.45) is 0 Å². The van der Waals surface area contributed by atoms with E-state index in [9.17, 15) is 9.90 Å². The van der Waals surface area contributed by atoms with Crippen LogP contribution < -0.4 is 4.74 Å². The minimum Gasteiger partial charge on any atom is -0.508 e. The number of hydrogen-bond acceptors (Lipinski definition) is 5. The van der Waals surface area contributed by atoms with Crippen LogP contribution in [-0.2, 0) is 16.0 Å². The van der Waals surface area contributed by atoms with Gasteiger partial charge >= 0.3 is 5.97 Å². The maximum absolute atomic E-state index is 11.6. The monoisotopic (exact) mass is 261 g/mol. The molecule has 1 aliphatic heterocycles. The van der Waals surface area contributed by atoms with Gasteiger partial charge in [-0.3, -0.25) is 4.79 Å². The zero-order valence-corrected chi connectivity index (χ0v) is 10.7. The molecular formula is C14H15NO4. The average molecular weight is 261 g/mol. The molecule has 0 spiro atoms. The van der Waals surface area contributed by atoms with Crippen molar-refractivity contribution in [3.63, 3.8) is 0 Å². The number of phenols is 1. The summed E-state index contributed by atoms with van der Waals surface area (Å²) in [7, 11) is 0. The van der Waals surface area contributed by atoms with Crippen LogP contribution in [0, 0.1) is 11.3 Å². The summed E-state index contributed by atoms with van der Waals surface area (Å²) in [5.41, 5.74) is 0.719. The van der Waals surface area contributed by atoms with Crippen LogP contribution in [0.15, 0.2) is 12.1 Å². The molecule has 0 unspecified atom stereocenters. The van der Waals surface area contributed by atoms with E-state index < -0.39 is 0 Å². The molecule has 100 valence electrons. The Bertz CT molecular complexity index is 529. The van der Waals surface area contributed by atoms with Gasteiger partial charge in [-0.2, -0.15) is 5.26 Å². The molecule has 1 fully saturated rings. The fourth-order valence-electron chi connectivity index (χ4n) is 1.87. The molecule has 1 N–H and O–H groups in total. The molecule has 5 heteroatoms. The van der Waals surface area contributed by atoms with E-state index in [-0.39, 0.29) is 35.6 Å². The molecule has 19 heavy (non-hydrogen) atoms. The Kier molecular flexibility index (Phi) is 4.03. The molecule has 1 heterocycles. The number of hydrogen-bond donors (Lipinski definition) is 1. The molecule has 0 saturated carbocycles. The van der Waals surface area contributed by atoms with E-state index in [4.69, 9.17) is 14.7 Å². The number of carbonyl (C=O) groups is 1. The standard InChI is InChI=1S/C14H15NO4/c1-2-10-11(7-15)13(5-4-12(10)16)19-14(17)6-3-9-8-18-9/h4-5,9,16H,2-3,6,8H2,1H3/t9-/m1/s1. The number of nitrogens with zero attached hydrogens (tertiary/aromatic N) is 1. The Morgan fingerprint density at radius 1 is 1.63 bits per heavy atom. The van der Waals surface area contributed by atoms with Crippen molar-refractivity contribution in [1.82, 2.24) is 0 Å². The molecule has 2 rings (SSSR count). The van der Waals surface area contributed by atoms with Crippen molar-refractivity contribution >= 4 is 5.97 Å². The SMILES string of the molecule is CCc1c(O)ccc(OC(=O)CC[C@@H]2CO2)c1C#N. The molecule has 1 atom stereocenters. The maximum atomic E-state index is 11.6. The van der Waals surface area contributed by atoms with Crippen molar-refractivity contribution in [3.8, 4) is 17.6 Å². The van der Waals surface area contributed by atoms with Crippen molar-refractivity contribution in [1.29, 1.82) is 5.26 Å². The highest BCUT2D eigenvalue weighted by Gasteiger charge is 2.24. The lowest BCUT2D eigenvalue weighted by Crippen LogP contribution is -2.10. The topological polar surface area (TPSA) is 82.8 Å². The molecule has 1 aromatic carbocycles. The van der Waals surface area contributed by atoms with Gasteiger partial charge in [0, 0.05) is 12.0 Å². The molecule has 5 nitrogen and oxygen atoms in total. The quantitative estimate of drug-likeness (QED) is 0.497. The largest absolute Gasteiger partial charge is 0.508 e. The molecular weight excluding hydrogens is 246 g/mol. The fourth-order valence-corrected chi connectivity index (χ4v) is 1.87. The Balaban J connectivity index is 2.10. The average Bonchev–Trinajstić information content (AvgIpc) is 3.22. The summed E-state index contributed by atoms with van der Waals surface area (Å²) in [4.78, 5) is 11.6. The highest BCUT2D eigenvalue weighted by Crippen LogP contribution is 2.30. The van der Waals surface area contributed by atoms with Crippen molar-refractivity contribution in [3.05, 3.63) is 23.3 Å². The highest BCUT2D eigenvalue weighted by atomic mass is 16.6. The molecule has 1 aliphatic rings. The lowest BCUT2D eigenvalue weighted by Gasteiger charge is -2.10. The van der Waals surface area contributed by atoms with E-state index in [1.807, 2.05) is 13.0 Å². The van der Waals surface area contributed by atoms with Gasteiger partial charge in [0.2, 0.25) is 0 Å². The van der Waals surface area contributed by atoms with Gasteiger partial charge in [0.15, 0.2) is 0 Å². The summed E-state index contributed by atoms with van der Waals surface area (Å²) in [5.74, 6) is -0.135. The molecule has 1 saturated heterocycles. The van der Waals surface area contributed by atoms with Crippen LogP contribution in [0.25, 0.3) is 0 Å². The Hall–Kier alpha value is -2.06. The molecule has 0 bridgehead atoms. The van der Waals surface area contributed by atoms with Crippen molar-refractivity contribution < 1.29 is 19.4 Å². The van der Waals surface area contributed by atoms with Gasteiger partial charge in [-0.05, 0) is 25.0 Å². The zero-order valence-electron chi connectivity index (χ0n) is 10.7. The summed E-state index contributed by atoms with van der Waals surface area (Å²) in [6.07, 6.45) is 1.57. The van der Waals surface area contributed by atoms with Crippen LogP contribution in [0.1, 0.15) is 30.9 Å². The number of nitriles is 1. The number of phenolic OH excluding ortho intramolecular Hbond substituents is 1. The first-order valence-corrected chi connectivity index (χ1v) is 6.23. The maximum Gasteiger partial charge on any atom is 0.311 e. The Morgan fingerprint density at radius 3 is 2.95 bits per heavy atom. The summed E-state index contributed by atoms with van der Waals surface area (Å²) in [5, 5.41) is 18.8. The second kappa shape index (κ2) is 5.72. The van der Waals surface area contributed by atoms with Crippen LogP contribution in [0.4, 0.5) is 0 Å². The van der Waals surface area contributed by atoms with Crippen LogP contribution in [0.3, 0.4) is 0 Å². The predicted octanol–water partition coefficient (Wildman–Crippen LogP) is 1.91. The smallest absolute Gasteiger partial charge is 0.311 e. The molecule has 0 amide bonds. The number of aromatic hydroxyl groups is 1. The van der Waals surface area contributed by atoms with Crippen LogP contribution in [0.2, 0.25) is 0 Å². The van der Waals surface area contributed by atoms with Gasteiger partial charge in [0.05, 0.1) is 12.7 Å². The lowest BCUT2D eigenvalue weighted by molar-refractivity contribution is -0.134. The minimum atomic E-state index is -0.389. The molecule has 0 aromatic heterocycles. The predicted molar refractivity (Wildman–Crippen MR) is 66.8 cm³/mol. The minimum absolute atomic E-state index is 0.0465. The third-order valence-electron chi connectivity index (χ3n) is 3.01. The van der Waals surface area contributed by atoms with Gasteiger partial charge in [0.25, 0.3) is 0 Å². The number of esters is 1. The van der Waals surface area contributed by atoms with Gasteiger partial charge in [-0.15, -0.1) is 0 Å². The van der Waals surface area contributed by atoms with E-state index in [2.05, 4.69) is 0 Å². The van der Waals surface area contributed by atoms with Crippen LogP contribution >= 0.6 is 0 Å². The van der Waals surface area contributed by atoms with Gasteiger partial charge in [-0.1, -0.05) is 6.92 Å². The van der Waals surface area contributed by atoms with E-state index in [0.29, 0.717) is 25.0 Å². The third kappa shape index (κ3) is 3.24. The van der Waals surface area contributed by atoms with E-state index in [1.165, 1.54) is 12.1 Å². The normalized spacial score (nSPS) is 16.7. The summed E-state index contributed by atoms with van der Waals surface area (Å²) in [6.45, 7) is 2.53. The van der Waals surface area contributed by atoms with Crippen LogP contribution in [-0.4, -0.2) is 23.8 Å². The first-order valence-electron chi connectivity index (χ1n) is 6.23. The van der Waals surface area contributed by atoms with E-state index in [0.717, 1.165) is 0 Å². The van der Waals surface area contributed by atoms with E-state index in [1.54, 1.807) is 0 Å². The van der Waals surface area contributed by atoms with Crippen molar-refractivity contribution in [2.45, 2.75) is 32.3 Å². The number of ether oxygens (including phenoxy) is 2. The second-order valence-corrected chi connectivity index (χ2v) is 4.37. The molecule has 1 aromatic rings. The fraction of sp³-hybridized carbons (Fsp3) is 0.429. The molecule has 0 aliphatic carbocycles. The zero-order chi connectivity index (χ0) is 13.8.